The molecule has 0 heterocycles. The van der Waals surface area contributed by atoms with Crippen LogP contribution in [-0.4, -0.2) is 26.8 Å². The fraction of sp³-hybridized carbons (Fsp3) is 0.667. The van der Waals surface area contributed by atoms with Crippen LogP contribution in [0.4, 0.5) is 0 Å². The number of unbranched alkanes of at least 4 members (excludes halogenated alkanes) is 1. The highest BCUT2D eigenvalue weighted by Crippen LogP contribution is 2.33. The lowest BCUT2D eigenvalue weighted by Gasteiger charge is -2.34. The Morgan fingerprint density at radius 3 is 2.71 bits per heavy atom. The Labute approximate surface area is 135 Å². The quantitative estimate of drug-likeness (QED) is 0.598. The van der Waals surface area contributed by atoms with Crippen molar-refractivity contribution in [2.45, 2.75) is 46.0 Å². The number of hydrogen-bond acceptors (Lipinski definition) is 2. The van der Waals surface area contributed by atoms with Crippen molar-refractivity contribution in [3.8, 4) is 0 Å². The predicted molar refractivity (Wildman–Crippen MR) is 92.2 cm³/mol. The molecule has 1 N–H and O–H groups in total. The minimum Gasteiger partial charge on any atom is -0.383 e. The molecule has 1 rings (SSSR count). The molecular formula is C18H30ClNO. The van der Waals surface area contributed by atoms with Gasteiger partial charge in [0.2, 0.25) is 0 Å². The molecule has 0 aliphatic heterocycles. The van der Waals surface area contributed by atoms with E-state index in [0.717, 1.165) is 31.1 Å². The Bertz CT molecular complexity index is 397. The van der Waals surface area contributed by atoms with Gasteiger partial charge in [-0.3, -0.25) is 0 Å². The normalized spacial score (nSPS) is 14.1. The molecule has 0 aromatic heterocycles. The maximum atomic E-state index is 6.13. The second kappa shape index (κ2) is 10.2. The van der Waals surface area contributed by atoms with Crippen LogP contribution in [0.2, 0.25) is 5.02 Å². The van der Waals surface area contributed by atoms with Gasteiger partial charge in [0.25, 0.3) is 0 Å². The largest absolute Gasteiger partial charge is 0.383 e. The summed E-state index contributed by atoms with van der Waals surface area (Å²) >= 11 is 6.13. The molecule has 0 aliphatic rings. The molecule has 1 aromatic rings. The highest BCUT2D eigenvalue weighted by atomic mass is 35.5. The van der Waals surface area contributed by atoms with Gasteiger partial charge in [0.1, 0.15) is 0 Å². The first-order valence-electron chi connectivity index (χ1n) is 8.10. The van der Waals surface area contributed by atoms with Gasteiger partial charge in [-0.2, -0.15) is 0 Å². The maximum absolute atomic E-state index is 6.13. The number of halogens is 1. The van der Waals surface area contributed by atoms with E-state index in [4.69, 9.17) is 16.3 Å². The summed E-state index contributed by atoms with van der Waals surface area (Å²) in [6, 6.07) is 8.29. The number of methoxy groups -OCH3 is 1. The molecular weight excluding hydrogens is 282 g/mol. The first kappa shape index (κ1) is 18.5. The summed E-state index contributed by atoms with van der Waals surface area (Å²) < 4.78 is 5.13. The highest BCUT2D eigenvalue weighted by Gasteiger charge is 2.27. The van der Waals surface area contributed by atoms with Crippen LogP contribution in [0.3, 0.4) is 0 Å². The molecule has 1 unspecified atom stereocenters. The van der Waals surface area contributed by atoms with Crippen LogP contribution in [0.25, 0.3) is 0 Å². The zero-order valence-electron chi connectivity index (χ0n) is 13.8. The zero-order valence-corrected chi connectivity index (χ0v) is 14.5. The number of rotatable bonds is 11. The fourth-order valence-corrected chi connectivity index (χ4v) is 3.04. The van der Waals surface area contributed by atoms with E-state index < -0.39 is 0 Å². The van der Waals surface area contributed by atoms with E-state index in [2.05, 4.69) is 37.4 Å². The lowest BCUT2D eigenvalue weighted by molar-refractivity contribution is 0.182. The number of ether oxygens (including phenoxy) is 1. The third kappa shape index (κ3) is 6.82. The summed E-state index contributed by atoms with van der Waals surface area (Å²) in [6.45, 7) is 7.29. The van der Waals surface area contributed by atoms with Crippen LogP contribution in [0, 0.1) is 5.41 Å². The molecule has 1 atom stereocenters. The highest BCUT2D eigenvalue weighted by molar-refractivity contribution is 6.30. The lowest BCUT2D eigenvalue weighted by atomic mass is 9.75. The standard InChI is InChI=1S/C18H30ClNO/c1-4-6-10-18(5-2,15-20-11-12-21-3)14-16-8-7-9-17(19)13-16/h7-9,13,20H,4-6,10-12,14-15H2,1-3H3. The Morgan fingerprint density at radius 2 is 2.10 bits per heavy atom. The van der Waals surface area contributed by atoms with Crippen LogP contribution in [0.1, 0.15) is 45.1 Å². The van der Waals surface area contributed by atoms with Gasteiger partial charge in [-0.1, -0.05) is 50.4 Å². The number of hydrogen-bond donors (Lipinski definition) is 1. The second-order valence-corrected chi connectivity index (χ2v) is 6.37. The minimum atomic E-state index is 0.314. The van der Waals surface area contributed by atoms with Gasteiger partial charge in [-0.25, -0.2) is 0 Å². The van der Waals surface area contributed by atoms with E-state index in [1.54, 1.807) is 7.11 Å². The molecule has 3 heteroatoms. The van der Waals surface area contributed by atoms with Crippen molar-refractivity contribution in [3.05, 3.63) is 34.9 Å². The molecule has 0 fully saturated rings. The molecule has 120 valence electrons. The van der Waals surface area contributed by atoms with Gasteiger partial charge < -0.3 is 10.1 Å². The van der Waals surface area contributed by atoms with Crippen LogP contribution >= 0.6 is 11.6 Å². The molecule has 0 amide bonds. The summed E-state index contributed by atoms with van der Waals surface area (Å²) in [5, 5.41) is 4.40. The second-order valence-electron chi connectivity index (χ2n) is 5.93. The third-order valence-corrected chi connectivity index (χ3v) is 4.50. The predicted octanol–water partition coefficient (Wildman–Crippen LogP) is 4.71. The van der Waals surface area contributed by atoms with Gasteiger partial charge in [0, 0.05) is 25.2 Å². The van der Waals surface area contributed by atoms with Crippen molar-refractivity contribution in [2.75, 3.05) is 26.8 Å². The average molecular weight is 312 g/mol. The van der Waals surface area contributed by atoms with E-state index >= 15 is 0 Å². The Kier molecular flexibility index (Phi) is 8.98. The Hall–Kier alpha value is -0.570. The molecule has 21 heavy (non-hydrogen) atoms. The molecule has 0 spiro atoms. The van der Waals surface area contributed by atoms with E-state index in [-0.39, 0.29) is 0 Å². The summed E-state index contributed by atoms with van der Waals surface area (Å²) in [6.07, 6.45) is 6.05. The SMILES string of the molecule is CCCCC(CC)(CNCCOC)Cc1cccc(Cl)c1. The Morgan fingerprint density at radius 1 is 1.29 bits per heavy atom. The molecule has 0 bridgehead atoms. The molecule has 0 radical (unpaired) electrons. The maximum Gasteiger partial charge on any atom is 0.0587 e. The molecule has 0 saturated heterocycles. The van der Waals surface area contributed by atoms with Crippen molar-refractivity contribution in [1.82, 2.24) is 5.32 Å². The van der Waals surface area contributed by atoms with Crippen LogP contribution in [-0.2, 0) is 11.2 Å². The van der Waals surface area contributed by atoms with Crippen molar-refractivity contribution in [2.24, 2.45) is 5.41 Å². The molecule has 1 aromatic carbocycles. The summed E-state index contributed by atoms with van der Waals surface area (Å²) in [5.41, 5.74) is 1.66. The fourth-order valence-electron chi connectivity index (χ4n) is 2.83. The molecule has 0 aliphatic carbocycles. The minimum absolute atomic E-state index is 0.314. The molecule has 0 saturated carbocycles. The lowest BCUT2D eigenvalue weighted by Crippen LogP contribution is -2.37. The first-order chi connectivity index (χ1) is 10.2. The van der Waals surface area contributed by atoms with Crippen LogP contribution in [0.5, 0.6) is 0 Å². The number of benzene rings is 1. The van der Waals surface area contributed by atoms with Crippen molar-refractivity contribution in [1.29, 1.82) is 0 Å². The summed E-state index contributed by atoms with van der Waals surface area (Å²) in [7, 11) is 1.75. The zero-order chi connectivity index (χ0) is 15.6. The monoisotopic (exact) mass is 311 g/mol. The van der Waals surface area contributed by atoms with E-state index in [9.17, 15) is 0 Å². The van der Waals surface area contributed by atoms with Crippen LogP contribution in [0.15, 0.2) is 24.3 Å². The number of nitrogens with one attached hydrogen (secondary N) is 1. The van der Waals surface area contributed by atoms with Gasteiger partial charge in [0.15, 0.2) is 0 Å². The van der Waals surface area contributed by atoms with Gasteiger partial charge in [-0.05, 0) is 42.4 Å². The summed E-state index contributed by atoms with van der Waals surface area (Å²) in [5.74, 6) is 0. The van der Waals surface area contributed by atoms with Gasteiger partial charge in [0.05, 0.1) is 6.61 Å². The third-order valence-electron chi connectivity index (χ3n) is 4.26. The molecule has 2 nitrogen and oxygen atoms in total. The first-order valence-corrected chi connectivity index (χ1v) is 8.47. The van der Waals surface area contributed by atoms with E-state index in [0.29, 0.717) is 5.41 Å². The average Bonchev–Trinajstić information content (AvgIpc) is 2.49. The summed E-state index contributed by atoms with van der Waals surface area (Å²) in [4.78, 5) is 0. The van der Waals surface area contributed by atoms with Gasteiger partial charge in [-0.15, -0.1) is 0 Å². The van der Waals surface area contributed by atoms with Gasteiger partial charge >= 0.3 is 0 Å². The van der Waals surface area contributed by atoms with Crippen LogP contribution < -0.4 is 5.32 Å². The Balaban J connectivity index is 2.73. The smallest absolute Gasteiger partial charge is 0.0587 e. The van der Waals surface area contributed by atoms with Crippen molar-refractivity contribution in [3.63, 3.8) is 0 Å². The topological polar surface area (TPSA) is 21.3 Å². The van der Waals surface area contributed by atoms with E-state index in [1.807, 2.05) is 6.07 Å². The van der Waals surface area contributed by atoms with E-state index in [1.165, 1.54) is 31.2 Å². The van der Waals surface area contributed by atoms with Crippen molar-refractivity contribution < 1.29 is 4.74 Å². The van der Waals surface area contributed by atoms with Crippen molar-refractivity contribution >= 4 is 11.6 Å².